The zero-order chi connectivity index (χ0) is 16.9. The average molecular weight is 346 g/mol. The maximum absolute atomic E-state index is 12.3. The number of hydrogen-bond donors (Lipinski definition) is 2. The number of aryl methyl sites for hydroxylation is 1. The number of carbonyl (C=O) groups is 1. The number of rotatable bonds is 4. The van der Waals surface area contributed by atoms with Gasteiger partial charge in [-0.1, -0.05) is 48.6 Å². The number of nitrogens with one attached hydrogen (secondary N) is 1. The molecule has 0 bridgehead atoms. The Kier molecular flexibility index (Phi) is 5.42. The van der Waals surface area contributed by atoms with E-state index in [1.54, 1.807) is 4.90 Å². The molecular formula is C17H22N4O2S. The Morgan fingerprint density at radius 1 is 1.33 bits per heavy atom. The number of aliphatic hydroxyl groups is 1. The second-order valence-corrected chi connectivity index (χ2v) is 7.03. The molecule has 1 fully saturated rings. The van der Waals surface area contributed by atoms with E-state index >= 15 is 0 Å². The van der Waals surface area contributed by atoms with Crippen molar-refractivity contribution in [2.45, 2.75) is 32.3 Å². The lowest BCUT2D eigenvalue weighted by atomic mass is 9.87. The van der Waals surface area contributed by atoms with E-state index in [1.807, 2.05) is 37.3 Å². The first-order valence-electron chi connectivity index (χ1n) is 8.28. The molecule has 2 heterocycles. The Bertz CT molecular complexity index is 668. The molecule has 0 spiro atoms. The van der Waals surface area contributed by atoms with Crippen LogP contribution in [0.1, 0.15) is 36.4 Å². The van der Waals surface area contributed by atoms with E-state index < -0.39 is 6.10 Å². The lowest BCUT2D eigenvalue weighted by Gasteiger charge is -2.34. The smallest absolute Gasteiger partial charge is 0.323 e. The molecule has 1 aromatic carbocycles. The van der Waals surface area contributed by atoms with Crippen molar-refractivity contribution in [1.82, 2.24) is 15.1 Å². The number of likely N-dealkylation sites (tertiary alicyclic amines) is 1. The second-order valence-electron chi connectivity index (χ2n) is 5.96. The molecule has 6 nitrogen and oxygen atoms in total. The van der Waals surface area contributed by atoms with Crippen molar-refractivity contribution in [2.24, 2.45) is 5.92 Å². The maximum atomic E-state index is 12.3. The number of carbonyl (C=O) groups excluding carboxylic acids is 1. The number of urea groups is 1. The van der Waals surface area contributed by atoms with Crippen LogP contribution in [0.25, 0.3) is 0 Å². The minimum absolute atomic E-state index is 0.138. The summed E-state index contributed by atoms with van der Waals surface area (Å²) in [5.74, 6) is 0.185. The van der Waals surface area contributed by atoms with Crippen molar-refractivity contribution >= 4 is 22.5 Å². The molecule has 3 rings (SSSR count). The Hall–Kier alpha value is -1.99. The summed E-state index contributed by atoms with van der Waals surface area (Å²) in [7, 11) is 0. The monoisotopic (exact) mass is 346 g/mol. The van der Waals surface area contributed by atoms with Crippen molar-refractivity contribution in [3.63, 3.8) is 0 Å². The molecule has 0 saturated carbocycles. The van der Waals surface area contributed by atoms with Crippen LogP contribution < -0.4 is 5.32 Å². The minimum Gasteiger partial charge on any atom is -0.388 e. The van der Waals surface area contributed by atoms with Crippen LogP contribution in [0.3, 0.4) is 0 Å². The van der Waals surface area contributed by atoms with Crippen molar-refractivity contribution in [1.29, 1.82) is 0 Å². The van der Waals surface area contributed by atoms with E-state index in [1.165, 1.54) is 11.3 Å². The van der Waals surface area contributed by atoms with Crippen LogP contribution in [0.2, 0.25) is 0 Å². The first-order valence-corrected chi connectivity index (χ1v) is 9.10. The van der Waals surface area contributed by atoms with E-state index in [9.17, 15) is 9.90 Å². The number of piperidine rings is 1. The molecule has 2 aromatic rings. The predicted molar refractivity (Wildman–Crippen MR) is 94.0 cm³/mol. The third-order valence-electron chi connectivity index (χ3n) is 4.40. The van der Waals surface area contributed by atoms with Gasteiger partial charge in [0.25, 0.3) is 0 Å². The Balaban J connectivity index is 1.52. The molecule has 2 N–H and O–H groups in total. The van der Waals surface area contributed by atoms with Crippen LogP contribution in [0.4, 0.5) is 9.93 Å². The standard InChI is InChI=1S/C17H22N4O2S/c1-2-14-19-20-16(24-14)18-17(23)21-10-8-13(9-11-21)15(22)12-6-4-3-5-7-12/h3-7,13,15,22H,2,8-11H2,1H3,(H,18,20,23)/t15-/m0/s1. The van der Waals surface area contributed by atoms with Gasteiger partial charge in [0.1, 0.15) is 5.01 Å². The zero-order valence-corrected chi connectivity index (χ0v) is 14.5. The van der Waals surface area contributed by atoms with E-state index in [0.717, 1.165) is 29.8 Å². The van der Waals surface area contributed by atoms with Gasteiger partial charge < -0.3 is 10.0 Å². The van der Waals surface area contributed by atoms with Crippen molar-refractivity contribution in [2.75, 3.05) is 18.4 Å². The summed E-state index contributed by atoms with van der Waals surface area (Å²) < 4.78 is 0. The average Bonchev–Trinajstić information content (AvgIpc) is 3.09. The van der Waals surface area contributed by atoms with Gasteiger partial charge in [-0.25, -0.2) is 4.79 Å². The molecule has 0 radical (unpaired) electrons. The second kappa shape index (κ2) is 7.72. The number of amides is 2. The fraction of sp³-hybridized carbons (Fsp3) is 0.471. The molecule has 1 atom stereocenters. The topological polar surface area (TPSA) is 78.4 Å². The van der Waals surface area contributed by atoms with Crippen molar-refractivity contribution < 1.29 is 9.90 Å². The Morgan fingerprint density at radius 2 is 2.04 bits per heavy atom. The van der Waals surface area contributed by atoms with Crippen molar-refractivity contribution in [3.8, 4) is 0 Å². The van der Waals surface area contributed by atoms with E-state index in [2.05, 4.69) is 15.5 Å². The van der Waals surface area contributed by atoms with Crippen LogP contribution in [0.15, 0.2) is 30.3 Å². The van der Waals surface area contributed by atoms with Crippen molar-refractivity contribution in [3.05, 3.63) is 40.9 Å². The highest BCUT2D eigenvalue weighted by molar-refractivity contribution is 7.15. The summed E-state index contributed by atoms with van der Waals surface area (Å²) in [5, 5.41) is 22.7. The Labute approximate surface area is 145 Å². The van der Waals surface area contributed by atoms with Crippen LogP contribution >= 0.6 is 11.3 Å². The molecule has 128 valence electrons. The summed E-state index contributed by atoms with van der Waals surface area (Å²) in [4.78, 5) is 14.1. The largest absolute Gasteiger partial charge is 0.388 e. The van der Waals surface area contributed by atoms with Crippen LogP contribution in [0.5, 0.6) is 0 Å². The summed E-state index contributed by atoms with van der Waals surface area (Å²) >= 11 is 1.41. The fourth-order valence-corrected chi connectivity index (χ4v) is 3.63. The van der Waals surface area contributed by atoms with E-state index in [-0.39, 0.29) is 11.9 Å². The van der Waals surface area contributed by atoms with Gasteiger partial charge in [-0.15, -0.1) is 10.2 Å². The highest BCUT2D eigenvalue weighted by Crippen LogP contribution is 2.30. The van der Waals surface area contributed by atoms with Gasteiger partial charge in [0.2, 0.25) is 5.13 Å². The maximum Gasteiger partial charge on any atom is 0.323 e. The molecule has 0 aliphatic carbocycles. The predicted octanol–water partition coefficient (Wildman–Crippen LogP) is 3.08. The first-order chi connectivity index (χ1) is 11.7. The van der Waals surface area contributed by atoms with Gasteiger partial charge in [-0.2, -0.15) is 0 Å². The number of aromatic nitrogens is 2. The number of aliphatic hydroxyl groups excluding tert-OH is 1. The van der Waals surface area contributed by atoms with Gasteiger partial charge in [0.05, 0.1) is 6.10 Å². The lowest BCUT2D eigenvalue weighted by molar-refractivity contribution is 0.0683. The SMILES string of the molecule is CCc1nnc(NC(=O)N2CCC([C@@H](O)c3ccccc3)CC2)s1. The number of hydrogen-bond acceptors (Lipinski definition) is 5. The molecule has 24 heavy (non-hydrogen) atoms. The highest BCUT2D eigenvalue weighted by Gasteiger charge is 2.28. The van der Waals surface area contributed by atoms with Crippen LogP contribution in [0, 0.1) is 5.92 Å². The molecular weight excluding hydrogens is 324 g/mol. The van der Waals surface area contributed by atoms with Crippen LogP contribution in [-0.4, -0.2) is 39.3 Å². The third-order valence-corrected chi connectivity index (χ3v) is 5.38. The molecule has 1 saturated heterocycles. The zero-order valence-electron chi connectivity index (χ0n) is 13.7. The number of nitrogens with zero attached hydrogens (tertiary/aromatic N) is 3. The first kappa shape index (κ1) is 16.9. The van der Waals surface area contributed by atoms with Gasteiger partial charge in [-0.05, 0) is 30.7 Å². The molecule has 2 amide bonds. The minimum atomic E-state index is -0.466. The number of benzene rings is 1. The van der Waals surface area contributed by atoms with E-state index in [4.69, 9.17) is 0 Å². The fourth-order valence-electron chi connectivity index (χ4n) is 2.96. The van der Waals surface area contributed by atoms with Gasteiger partial charge in [0.15, 0.2) is 0 Å². The van der Waals surface area contributed by atoms with E-state index in [0.29, 0.717) is 18.2 Å². The molecule has 7 heteroatoms. The molecule has 0 unspecified atom stereocenters. The summed E-state index contributed by atoms with van der Waals surface area (Å²) in [6.07, 6.45) is 1.93. The van der Waals surface area contributed by atoms with Gasteiger partial charge in [0, 0.05) is 13.1 Å². The molecule has 1 aromatic heterocycles. The van der Waals surface area contributed by atoms with Gasteiger partial charge in [-0.3, -0.25) is 5.32 Å². The number of anilines is 1. The third kappa shape index (κ3) is 3.91. The summed E-state index contributed by atoms with van der Waals surface area (Å²) in [6, 6.07) is 9.58. The summed E-state index contributed by atoms with van der Waals surface area (Å²) in [5.41, 5.74) is 0.946. The molecule has 1 aliphatic rings. The molecule has 1 aliphatic heterocycles. The van der Waals surface area contributed by atoms with Gasteiger partial charge >= 0.3 is 6.03 Å². The summed E-state index contributed by atoms with van der Waals surface area (Å²) in [6.45, 7) is 3.29. The quantitative estimate of drug-likeness (QED) is 0.892. The lowest BCUT2D eigenvalue weighted by Crippen LogP contribution is -2.42. The van der Waals surface area contributed by atoms with Crippen LogP contribution in [-0.2, 0) is 6.42 Å². The highest BCUT2D eigenvalue weighted by atomic mass is 32.1. The normalized spacial score (nSPS) is 16.8. The Morgan fingerprint density at radius 3 is 2.67 bits per heavy atom.